The number of piperidine rings is 1. The third-order valence-corrected chi connectivity index (χ3v) is 6.97. The normalized spacial score (nSPS) is 14.7. The molecule has 1 unspecified atom stereocenters. The van der Waals surface area contributed by atoms with Gasteiger partial charge in [0.1, 0.15) is 5.75 Å². The van der Waals surface area contributed by atoms with Crippen LogP contribution in [0.4, 0.5) is 11.4 Å². The lowest BCUT2D eigenvalue weighted by Gasteiger charge is -2.28. The molecular formula is C25H31N5O2S. The van der Waals surface area contributed by atoms with E-state index in [-0.39, 0.29) is 11.2 Å². The Morgan fingerprint density at radius 1 is 1.06 bits per heavy atom. The fourth-order valence-corrected chi connectivity index (χ4v) is 4.89. The van der Waals surface area contributed by atoms with E-state index in [4.69, 9.17) is 4.74 Å². The van der Waals surface area contributed by atoms with E-state index in [2.05, 4.69) is 39.5 Å². The third kappa shape index (κ3) is 5.50. The lowest BCUT2D eigenvalue weighted by atomic mass is 10.1. The van der Waals surface area contributed by atoms with E-state index in [9.17, 15) is 4.79 Å². The van der Waals surface area contributed by atoms with Crippen LogP contribution in [0.3, 0.4) is 0 Å². The second-order valence-corrected chi connectivity index (χ2v) is 9.43. The first-order valence-corrected chi connectivity index (χ1v) is 12.4. The predicted octanol–water partition coefficient (Wildman–Crippen LogP) is 5.08. The molecule has 1 amide bonds. The molecule has 7 nitrogen and oxygen atoms in total. The second kappa shape index (κ2) is 10.7. The number of nitrogens with one attached hydrogen (secondary N) is 1. The van der Waals surface area contributed by atoms with E-state index in [0.717, 1.165) is 41.1 Å². The van der Waals surface area contributed by atoms with Gasteiger partial charge in [-0.2, -0.15) is 0 Å². The zero-order chi connectivity index (χ0) is 23.2. The van der Waals surface area contributed by atoms with Crippen LogP contribution in [0.1, 0.15) is 33.1 Å². The van der Waals surface area contributed by atoms with Crippen molar-refractivity contribution in [3.05, 3.63) is 48.5 Å². The maximum atomic E-state index is 12.8. The van der Waals surface area contributed by atoms with Crippen molar-refractivity contribution < 1.29 is 9.53 Å². The lowest BCUT2D eigenvalue weighted by Crippen LogP contribution is -2.29. The Bertz CT molecular complexity index is 1060. The van der Waals surface area contributed by atoms with Crippen LogP contribution < -0.4 is 15.0 Å². The molecule has 0 aliphatic carbocycles. The van der Waals surface area contributed by atoms with Crippen LogP contribution in [0, 0.1) is 0 Å². The van der Waals surface area contributed by atoms with Crippen molar-refractivity contribution in [2.24, 2.45) is 0 Å². The maximum Gasteiger partial charge on any atom is 0.237 e. The minimum absolute atomic E-state index is 0.0534. The largest absolute Gasteiger partial charge is 0.497 e. The van der Waals surface area contributed by atoms with Crippen molar-refractivity contribution in [3.8, 4) is 17.1 Å². The average Bonchev–Trinajstić information content (AvgIpc) is 3.27. The Morgan fingerprint density at radius 2 is 1.76 bits per heavy atom. The Hall–Kier alpha value is -3.00. The number of nitrogens with zero attached hydrogens (tertiary/aromatic N) is 4. The number of carbonyl (C=O) groups is 1. The Labute approximate surface area is 199 Å². The highest BCUT2D eigenvalue weighted by Crippen LogP contribution is 2.29. The number of thioether (sulfide) groups is 1. The second-order valence-electron chi connectivity index (χ2n) is 8.12. The van der Waals surface area contributed by atoms with Gasteiger partial charge in [-0.05, 0) is 81.6 Å². The first-order valence-electron chi connectivity index (χ1n) is 11.5. The molecule has 1 aliphatic heterocycles. The molecule has 1 aromatic heterocycles. The number of hydrogen-bond donors (Lipinski definition) is 1. The van der Waals surface area contributed by atoms with Crippen molar-refractivity contribution in [2.75, 3.05) is 30.4 Å². The van der Waals surface area contributed by atoms with Gasteiger partial charge >= 0.3 is 0 Å². The van der Waals surface area contributed by atoms with E-state index < -0.39 is 0 Å². The quantitative estimate of drug-likeness (QED) is 0.468. The predicted molar refractivity (Wildman–Crippen MR) is 134 cm³/mol. The molecule has 0 saturated carbocycles. The van der Waals surface area contributed by atoms with Gasteiger partial charge in [-0.3, -0.25) is 4.79 Å². The molecule has 33 heavy (non-hydrogen) atoms. The van der Waals surface area contributed by atoms with Crippen LogP contribution in [-0.2, 0) is 11.3 Å². The monoisotopic (exact) mass is 465 g/mol. The number of aromatic nitrogens is 3. The summed E-state index contributed by atoms with van der Waals surface area (Å²) in [4.78, 5) is 15.2. The molecule has 0 spiro atoms. The van der Waals surface area contributed by atoms with Gasteiger partial charge in [-0.15, -0.1) is 10.2 Å². The lowest BCUT2D eigenvalue weighted by molar-refractivity contribution is -0.115. The molecule has 0 bridgehead atoms. The summed E-state index contributed by atoms with van der Waals surface area (Å²) < 4.78 is 7.27. The highest BCUT2D eigenvalue weighted by atomic mass is 32.2. The van der Waals surface area contributed by atoms with Crippen LogP contribution >= 0.6 is 11.8 Å². The van der Waals surface area contributed by atoms with Gasteiger partial charge < -0.3 is 19.5 Å². The van der Waals surface area contributed by atoms with Gasteiger partial charge in [0, 0.05) is 36.6 Å². The molecule has 0 radical (unpaired) electrons. The van der Waals surface area contributed by atoms with Gasteiger partial charge in [0.2, 0.25) is 5.91 Å². The summed E-state index contributed by atoms with van der Waals surface area (Å²) in [7, 11) is 1.65. The van der Waals surface area contributed by atoms with Crippen LogP contribution in [-0.4, -0.2) is 46.1 Å². The van der Waals surface area contributed by atoms with Crippen LogP contribution in [0.25, 0.3) is 11.4 Å². The molecule has 1 aliphatic rings. The summed E-state index contributed by atoms with van der Waals surface area (Å²) in [6, 6.07) is 15.9. The van der Waals surface area contributed by atoms with E-state index >= 15 is 0 Å². The number of ether oxygens (including phenoxy) is 1. The first kappa shape index (κ1) is 23.2. The number of amides is 1. The van der Waals surface area contributed by atoms with Gasteiger partial charge in [0.25, 0.3) is 0 Å². The van der Waals surface area contributed by atoms with Crippen molar-refractivity contribution >= 4 is 29.0 Å². The molecule has 4 rings (SSSR count). The molecule has 3 aromatic rings. The van der Waals surface area contributed by atoms with Crippen LogP contribution in [0.5, 0.6) is 5.75 Å². The summed E-state index contributed by atoms with van der Waals surface area (Å²) in [5.74, 6) is 1.52. The molecule has 1 saturated heterocycles. The number of anilines is 2. The summed E-state index contributed by atoms with van der Waals surface area (Å²) in [5, 5.41) is 12.2. The zero-order valence-electron chi connectivity index (χ0n) is 19.5. The van der Waals surface area contributed by atoms with E-state index in [0.29, 0.717) is 6.54 Å². The molecule has 174 valence electrons. The molecular weight excluding hydrogens is 434 g/mol. The van der Waals surface area contributed by atoms with Gasteiger partial charge in [0.15, 0.2) is 11.0 Å². The van der Waals surface area contributed by atoms with Crippen molar-refractivity contribution in [1.29, 1.82) is 0 Å². The van der Waals surface area contributed by atoms with Crippen LogP contribution in [0.15, 0.2) is 53.7 Å². The maximum absolute atomic E-state index is 12.8. The fourth-order valence-electron chi connectivity index (χ4n) is 3.98. The summed E-state index contributed by atoms with van der Waals surface area (Å²) in [5.41, 5.74) is 2.99. The van der Waals surface area contributed by atoms with Crippen molar-refractivity contribution in [2.45, 2.75) is 50.1 Å². The standard InChI is InChI=1S/C25H31N5O2S/c1-4-30-23(19-8-14-22(32-3)15-9-19)27-28-25(30)33-18(2)24(31)26-20-10-12-21(13-11-20)29-16-6-5-7-17-29/h8-15,18H,4-7,16-17H2,1-3H3,(H,26,31). The van der Waals surface area contributed by atoms with Gasteiger partial charge in [-0.25, -0.2) is 0 Å². The Kier molecular flexibility index (Phi) is 7.54. The third-order valence-electron chi connectivity index (χ3n) is 5.89. The molecule has 8 heteroatoms. The number of carbonyl (C=O) groups excluding carboxylic acids is 1. The van der Waals surface area contributed by atoms with E-state index in [1.54, 1.807) is 7.11 Å². The molecule has 2 heterocycles. The number of hydrogen-bond acceptors (Lipinski definition) is 6. The minimum atomic E-state index is -0.315. The van der Waals surface area contributed by atoms with E-state index in [1.165, 1.54) is 36.7 Å². The Morgan fingerprint density at radius 3 is 2.39 bits per heavy atom. The fraction of sp³-hybridized carbons (Fsp3) is 0.400. The minimum Gasteiger partial charge on any atom is -0.497 e. The smallest absolute Gasteiger partial charge is 0.237 e. The summed E-state index contributed by atoms with van der Waals surface area (Å²) in [6.07, 6.45) is 3.80. The molecule has 1 fully saturated rings. The summed E-state index contributed by atoms with van der Waals surface area (Å²) in [6.45, 7) is 6.87. The Balaban J connectivity index is 1.39. The van der Waals surface area contributed by atoms with Crippen LogP contribution in [0.2, 0.25) is 0 Å². The molecule has 1 atom stereocenters. The first-order chi connectivity index (χ1) is 16.1. The van der Waals surface area contributed by atoms with Gasteiger partial charge in [-0.1, -0.05) is 11.8 Å². The number of benzene rings is 2. The van der Waals surface area contributed by atoms with Crippen molar-refractivity contribution in [3.63, 3.8) is 0 Å². The summed E-state index contributed by atoms with van der Waals surface area (Å²) >= 11 is 1.42. The SMILES string of the molecule is CCn1c(SC(C)C(=O)Nc2ccc(N3CCCCC3)cc2)nnc1-c1ccc(OC)cc1. The zero-order valence-corrected chi connectivity index (χ0v) is 20.3. The molecule has 2 aromatic carbocycles. The highest BCUT2D eigenvalue weighted by molar-refractivity contribution is 8.00. The highest BCUT2D eigenvalue weighted by Gasteiger charge is 2.21. The van der Waals surface area contributed by atoms with Crippen molar-refractivity contribution in [1.82, 2.24) is 14.8 Å². The number of methoxy groups -OCH3 is 1. The average molecular weight is 466 g/mol. The number of rotatable bonds is 8. The topological polar surface area (TPSA) is 72.3 Å². The van der Waals surface area contributed by atoms with Gasteiger partial charge in [0.05, 0.1) is 12.4 Å². The molecule has 1 N–H and O–H groups in total. The van der Waals surface area contributed by atoms with E-state index in [1.807, 2.05) is 47.9 Å².